The molecular weight excluding hydrogens is 380 g/mol. The fourth-order valence-corrected chi connectivity index (χ4v) is 3.79. The maximum absolute atomic E-state index is 12.3. The summed E-state index contributed by atoms with van der Waals surface area (Å²) in [6.07, 6.45) is 9.33. The van der Waals surface area contributed by atoms with Crippen LogP contribution in [0.1, 0.15) is 37.6 Å². The third-order valence-electron chi connectivity index (χ3n) is 5.49. The Morgan fingerprint density at radius 3 is 2.77 bits per heavy atom. The van der Waals surface area contributed by atoms with Gasteiger partial charge in [-0.25, -0.2) is 24.9 Å². The molecule has 0 radical (unpaired) electrons. The van der Waals surface area contributed by atoms with Crippen molar-refractivity contribution in [1.82, 2.24) is 34.4 Å². The van der Waals surface area contributed by atoms with Crippen LogP contribution in [0.5, 0.6) is 0 Å². The van der Waals surface area contributed by atoms with Crippen molar-refractivity contribution < 1.29 is 4.79 Å². The Kier molecular flexibility index (Phi) is 4.75. The Morgan fingerprint density at radius 1 is 1.17 bits per heavy atom. The maximum Gasteiger partial charge on any atom is 0.225 e. The molecule has 30 heavy (non-hydrogen) atoms. The summed E-state index contributed by atoms with van der Waals surface area (Å²) in [5.74, 6) is 8.02. The zero-order chi connectivity index (χ0) is 20.5. The molecule has 0 bridgehead atoms. The monoisotopic (exact) mass is 402 g/mol. The molecule has 1 aliphatic heterocycles. The molecule has 3 aromatic heterocycles. The minimum atomic E-state index is 0.161. The van der Waals surface area contributed by atoms with Crippen LogP contribution < -0.4 is 5.32 Å². The van der Waals surface area contributed by atoms with Crippen molar-refractivity contribution in [2.75, 3.05) is 18.4 Å². The van der Waals surface area contributed by atoms with Gasteiger partial charge in [0.05, 0.1) is 5.56 Å². The number of fused-ring (bicyclic) bond motifs is 1. The Morgan fingerprint density at radius 2 is 2.00 bits per heavy atom. The molecule has 1 saturated carbocycles. The minimum absolute atomic E-state index is 0.161. The Balaban J connectivity index is 1.40. The van der Waals surface area contributed by atoms with E-state index in [9.17, 15) is 4.79 Å². The number of carbonyl (C=O) groups is 1. The maximum atomic E-state index is 12.3. The Labute approximate surface area is 174 Å². The first-order valence-electron chi connectivity index (χ1n) is 10.3. The second-order valence-corrected chi connectivity index (χ2v) is 7.64. The van der Waals surface area contributed by atoms with E-state index in [0.717, 1.165) is 37.0 Å². The lowest BCUT2D eigenvalue weighted by Gasteiger charge is -2.17. The second kappa shape index (κ2) is 7.71. The van der Waals surface area contributed by atoms with Crippen molar-refractivity contribution in [3.05, 3.63) is 36.4 Å². The summed E-state index contributed by atoms with van der Waals surface area (Å²) in [5.41, 5.74) is 2.16. The van der Waals surface area contributed by atoms with Gasteiger partial charge in [-0.05, 0) is 32.1 Å². The third kappa shape index (κ3) is 3.56. The number of aromatic nitrogens is 6. The number of hydrogen-bond acceptors (Lipinski definition) is 7. The SMILES string of the molecule is CCn1c(C#Cc2cncnc2)nc2c(N[C@H]3CCN(C(=O)C4CC4)C3)ncnc21. The largest absolute Gasteiger partial charge is 0.364 e. The summed E-state index contributed by atoms with van der Waals surface area (Å²) in [5, 5.41) is 3.48. The van der Waals surface area contributed by atoms with Gasteiger partial charge in [0.25, 0.3) is 0 Å². The molecule has 0 aromatic carbocycles. The molecule has 2 aliphatic rings. The minimum Gasteiger partial charge on any atom is -0.364 e. The van der Waals surface area contributed by atoms with E-state index in [1.807, 2.05) is 16.4 Å². The van der Waals surface area contributed by atoms with Crippen LogP contribution in [0.4, 0.5) is 5.82 Å². The van der Waals surface area contributed by atoms with Gasteiger partial charge in [-0.1, -0.05) is 5.92 Å². The number of anilines is 1. The molecule has 0 spiro atoms. The van der Waals surface area contributed by atoms with E-state index in [1.165, 1.54) is 6.33 Å². The summed E-state index contributed by atoms with van der Waals surface area (Å²) >= 11 is 0. The Hall–Kier alpha value is -3.54. The lowest BCUT2D eigenvalue weighted by molar-refractivity contribution is -0.131. The fourth-order valence-electron chi connectivity index (χ4n) is 3.79. The second-order valence-electron chi connectivity index (χ2n) is 7.64. The van der Waals surface area contributed by atoms with E-state index in [2.05, 4.69) is 37.1 Å². The van der Waals surface area contributed by atoms with Gasteiger partial charge in [0.1, 0.15) is 12.7 Å². The van der Waals surface area contributed by atoms with Crippen molar-refractivity contribution >= 4 is 22.9 Å². The summed E-state index contributed by atoms with van der Waals surface area (Å²) in [4.78, 5) is 35.8. The number of aryl methyl sites for hydroxylation is 1. The van der Waals surface area contributed by atoms with Gasteiger partial charge in [-0.3, -0.25) is 4.79 Å². The predicted molar refractivity (Wildman–Crippen MR) is 110 cm³/mol. The van der Waals surface area contributed by atoms with Crippen LogP contribution in [0, 0.1) is 17.8 Å². The fraction of sp³-hybridized carbons (Fsp3) is 0.429. The van der Waals surface area contributed by atoms with Gasteiger partial charge in [0.2, 0.25) is 5.91 Å². The van der Waals surface area contributed by atoms with E-state index in [-0.39, 0.29) is 12.0 Å². The van der Waals surface area contributed by atoms with Crippen molar-refractivity contribution in [1.29, 1.82) is 0 Å². The van der Waals surface area contributed by atoms with E-state index in [4.69, 9.17) is 4.98 Å². The van der Waals surface area contributed by atoms with Gasteiger partial charge < -0.3 is 14.8 Å². The number of imidazole rings is 1. The topological polar surface area (TPSA) is 102 Å². The summed E-state index contributed by atoms with van der Waals surface area (Å²) < 4.78 is 1.97. The van der Waals surface area contributed by atoms with Crippen LogP contribution >= 0.6 is 0 Å². The van der Waals surface area contributed by atoms with Crippen molar-refractivity contribution in [3.8, 4) is 11.8 Å². The molecule has 2 fully saturated rings. The predicted octanol–water partition coefficient (Wildman–Crippen LogP) is 1.46. The normalized spacial score (nSPS) is 18.3. The molecule has 1 amide bonds. The average Bonchev–Trinajstić information content (AvgIpc) is 3.41. The van der Waals surface area contributed by atoms with Crippen LogP contribution in [0.15, 0.2) is 25.0 Å². The number of amides is 1. The quantitative estimate of drug-likeness (QED) is 0.659. The van der Waals surface area contributed by atoms with Crippen molar-refractivity contribution in [3.63, 3.8) is 0 Å². The summed E-state index contributed by atoms with van der Waals surface area (Å²) in [6, 6.07) is 0.161. The standard InChI is InChI=1S/C21H22N8O/c1-2-29-17(6-3-14-9-22-12-23-10-14)27-18-19(24-13-25-20(18)29)26-16-7-8-28(11-16)21(30)15-4-5-15/h9-10,12-13,15-16H,2,4-5,7-8,11H2,1H3,(H,24,25,26)/t16-/m0/s1. The van der Waals surface area contributed by atoms with Crippen molar-refractivity contribution in [2.24, 2.45) is 5.92 Å². The number of hydrogen-bond donors (Lipinski definition) is 1. The van der Waals surface area contributed by atoms with Crippen LogP contribution in [-0.4, -0.2) is 59.4 Å². The van der Waals surface area contributed by atoms with E-state index in [0.29, 0.717) is 36.2 Å². The number of nitrogens with zero attached hydrogens (tertiary/aromatic N) is 7. The molecule has 152 valence electrons. The molecule has 9 nitrogen and oxygen atoms in total. The van der Waals surface area contributed by atoms with Gasteiger partial charge in [0, 0.05) is 44.0 Å². The molecular formula is C21H22N8O. The number of likely N-dealkylation sites (tertiary alicyclic amines) is 1. The zero-order valence-electron chi connectivity index (χ0n) is 16.7. The van der Waals surface area contributed by atoms with Crippen LogP contribution in [0.25, 0.3) is 11.2 Å². The highest BCUT2D eigenvalue weighted by atomic mass is 16.2. The lowest BCUT2D eigenvalue weighted by atomic mass is 10.2. The van der Waals surface area contributed by atoms with E-state index in [1.54, 1.807) is 18.7 Å². The van der Waals surface area contributed by atoms with E-state index >= 15 is 0 Å². The van der Waals surface area contributed by atoms with Crippen molar-refractivity contribution in [2.45, 2.75) is 38.8 Å². The molecule has 1 atom stereocenters. The molecule has 1 aliphatic carbocycles. The van der Waals surface area contributed by atoms with Gasteiger partial charge in [0.15, 0.2) is 22.8 Å². The summed E-state index contributed by atoms with van der Waals surface area (Å²) in [6.45, 7) is 4.22. The van der Waals surface area contributed by atoms with Gasteiger partial charge >= 0.3 is 0 Å². The average molecular weight is 402 g/mol. The van der Waals surface area contributed by atoms with Crippen LogP contribution in [-0.2, 0) is 11.3 Å². The number of rotatable bonds is 4. The molecule has 4 heterocycles. The summed E-state index contributed by atoms with van der Waals surface area (Å²) in [7, 11) is 0. The van der Waals surface area contributed by atoms with E-state index < -0.39 is 0 Å². The Bertz CT molecular complexity index is 1140. The molecule has 9 heteroatoms. The highest BCUT2D eigenvalue weighted by Crippen LogP contribution is 2.32. The number of nitrogens with one attached hydrogen (secondary N) is 1. The van der Waals surface area contributed by atoms with Crippen LogP contribution in [0.2, 0.25) is 0 Å². The first-order valence-corrected chi connectivity index (χ1v) is 10.3. The smallest absolute Gasteiger partial charge is 0.225 e. The van der Waals surface area contributed by atoms with Gasteiger partial charge in [-0.2, -0.15) is 0 Å². The van der Waals surface area contributed by atoms with Gasteiger partial charge in [-0.15, -0.1) is 0 Å². The lowest BCUT2D eigenvalue weighted by Crippen LogP contribution is -2.32. The molecule has 0 unspecified atom stereocenters. The molecule has 1 N–H and O–H groups in total. The number of carbonyl (C=O) groups excluding carboxylic acids is 1. The molecule has 3 aromatic rings. The highest BCUT2D eigenvalue weighted by molar-refractivity contribution is 5.84. The first kappa shape index (κ1) is 18.5. The van der Waals surface area contributed by atoms with Crippen LogP contribution in [0.3, 0.4) is 0 Å². The first-order chi connectivity index (χ1) is 14.7. The third-order valence-corrected chi connectivity index (χ3v) is 5.49. The molecule has 1 saturated heterocycles. The highest BCUT2D eigenvalue weighted by Gasteiger charge is 2.36. The molecule has 5 rings (SSSR count). The zero-order valence-corrected chi connectivity index (χ0v) is 16.7.